The monoisotopic (exact) mass is 371 g/mol. The third-order valence-corrected chi connectivity index (χ3v) is 5.21. The molecule has 0 amide bonds. The van der Waals surface area contributed by atoms with Crippen LogP contribution in [0, 0.1) is 10.1 Å². The summed E-state index contributed by atoms with van der Waals surface area (Å²) in [4.78, 5) is 11.2. The van der Waals surface area contributed by atoms with Gasteiger partial charge in [-0.15, -0.1) is 0 Å². The smallest absolute Gasteiger partial charge is 0.278 e. The van der Waals surface area contributed by atoms with Gasteiger partial charge in [0.25, 0.3) is 5.69 Å². The molecule has 2 atom stereocenters. The number of ether oxygens (including phenoxy) is 1. The number of nitro benzene ring substituents is 1. The van der Waals surface area contributed by atoms with E-state index in [4.69, 9.17) is 9.84 Å². The summed E-state index contributed by atoms with van der Waals surface area (Å²) in [6.07, 6.45) is 0.0735. The summed E-state index contributed by atoms with van der Waals surface area (Å²) in [5.74, 6) is 0.747. The summed E-state index contributed by atoms with van der Waals surface area (Å²) >= 11 is 0. The van der Waals surface area contributed by atoms with E-state index in [9.17, 15) is 10.1 Å². The van der Waals surface area contributed by atoms with E-state index in [0.717, 1.165) is 29.0 Å². The lowest BCUT2D eigenvalue weighted by molar-refractivity contribution is -0.386. The maximum atomic E-state index is 11.6. The summed E-state index contributed by atoms with van der Waals surface area (Å²) < 4.78 is 6.22. The van der Waals surface area contributed by atoms with Crippen LogP contribution in [-0.2, 0) is 0 Å². The van der Waals surface area contributed by atoms with Crippen LogP contribution in [0.1, 0.15) is 35.4 Å². The van der Waals surface area contributed by atoms with E-state index in [1.54, 1.807) is 18.2 Å². The largest absolute Gasteiger partial charge is 0.464 e. The minimum Gasteiger partial charge on any atom is -0.464 e. The van der Waals surface area contributed by atoms with Crippen molar-refractivity contribution >= 4 is 11.4 Å². The molecule has 3 aromatic carbocycles. The number of nitrogens with zero attached hydrogens (tertiary/aromatic N) is 3. The molecule has 0 saturated heterocycles. The Hall–Kier alpha value is -3.67. The topological polar surface area (TPSA) is 68.0 Å². The Morgan fingerprint density at radius 1 is 0.929 bits per heavy atom. The maximum absolute atomic E-state index is 11.6. The lowest BCUT2D eigenvalue weighted by atomic mass is 9.96. The van der Waals surface area contributed by atoms with Crippen LogP contribution in [0.15, 0.2) is 84.0 Å². The SMILES string of the molecule is O=[N+]([O-])c1ccccc1C1Oc2ccccc2C2CC(c3ccccc3)=NN21. The zero-order valence-corrected chi connectivity index (χ0v) is 14.9. The van der Waals surface area contributed by atoms with Gasteiger partial charge in [-0.3, -0.25) is 10.1 Å². The minimum absolute atomic E-state index is 0.0232. The van der Waals surface area contributed by atoms with Gasteiger partial charge in [-0.05, 0) is 17.7 Å². The molecular weight excluding hydrogens is 354 g/mol. The van der Waals surface area contributed by atoms with Crippen LogP contribution < -0.4 is 4.74 Å². The molecule has 0 spiro atoms. The van der Waals surface area contributed by atoms with Gasteiger partial charge >= 0.3 is 0 Å². The van der Waals surface area contributed by atoms with Crippen LogP contribution in [0.5, 0.6) is 5.75 Å². The molecule has 2 aliphatic heterocycles. The molecule has 0 radical (unpaired) electrons. The van der Waals surface area contributed by atoms with Crippen molar-refractivity contribution in [1.29, 1.82) is 0 Å². The average molecular weight is 371 g/mol. The van der Waals surface area contributed by atoms with Gasteiger partial charge in [0.1, 0.15) is 5.75 Å². The first kappa shape index (κ1) is 16.5. The average Bonchev–Trinajstić information content (AvgIpc) is 3.19. The van der Waals surface area contributed by atoms with Gasteiger partial charge in [-0.2, -0.15) is 5.10 Å². The molecule has 0 bridgehead atoms. The molecule has 138 valence electrons. The number of rotatable bonds is 3. The molecule has 0 saturated carbocycles. The molecule has 2 aliphatic rings. The second-order valence-electron chi connectivity index (χ2n) is 6.84. The number of hydrazone groups is 1. The molecule has 28 heavy (non-hydrogen) atoms. The molecule has 5 rings (SSSR count). The molecule has 2 unspecified atom stereocenters. The van der Waals surface area contributed by atoms with E-state index in [1.165, 1.54) is 6.07 Å². The fourth-order valence-corrected chi connectivity index (χ4v) is 3.91. The van der Waals surface area contributed by atoms with Crippen molar-refractivity contribution in [3.8, 4) is 5.75 Å². The molecule has 3 aromatic rings. The van der Waals surface area contributed by atoms with Gasteiger partial charge in [0.15, 0.2) is 0 Å². The van der Waals surface area contributed by atoms with E-state index >= 15 is 0 Å². The van der Waals surface area contributed by atoms with Crippen LogP contribution in [0.3, 0.4) is 0 Å². The second kappa shape index (κ2) is 6.49. The number of benzene rings is 3. The molecular formula is C22H17N3O3. The van der Waals surface area contributed by atoms with E-state index in [0.29, 0.717) is 5.56 Å². The Morgan fingerprint density at radius 3 is 2.39 bits per heavy atom. The highest BCUT2D eigenvalue weighted by molar-refractivity contribution is 6.01. The first-order valence-corrected chi connectivity index (χ1v) is 9.12. The fraction of sp³-hybridized carbons (Fsp3) is 0.136. The molecule has 6 nitrogen and oxygen atoms in total. The first-order valence-electron chi connectivity index (χ1n) is 9.12. The Labute approximate surface area is 161 Å². The molecule has 0 aliphatic carbocycles. The fourth-order valence-electron chi connectivity index (χ4n) is 3.91. The lowest BCUT2D eigenvalue weighted by Crippen LogP contribution is -2.34. The number of nitro groups is 1. The van der Waals surface area contributed by atoms with Gasteiger partial charge < -0.3 is 4.74 Å². The van der Waals surface area contributed by atoms with Crippen LogP contribution in [-0.4, -0.2) is 15.6 Å². The molecule has 0 fully saturated rings. The van der Waals surface area contributed by atoms with Crippen molar-refractivity contribution in [2.75, 3.05) is 0 Å². The standard InChI is InChI=1S/C22H17N3O3/c26-25(27)19-12-6-4-11-17(19)22-24-20(16-10-5-7-13-21(16)28-22)14-18(23-24)15-8-2-1-3-9-15/h1-13,20,22H,14H2. The lowest BCUT2D eigenvalue weighted by Gasteiger charge is -2.37. The van der Waals surface area contributed by atoms with Gasteiger partial charge in [0.2, 0.25) is 6.23 Å². The molecule has 0 aromatic heterocycles. The summed E-state index contributed by atoms with van der Waals surface area (Å²) in [5, 5.41) is 18.3. The Balaban J connectivity index is 1.64. The molecule has 2 heterocycles. The van der Waals surface area contributed by atoms with Gasteiger partial charge in [-0.25, -0.2) is 5.01 Å². The van der Waals surface area contributed by atoms with Crippen molar-refractivity contribution in [3.63, 3.8) is 0 Å². The van der Waals surface area contributed by atoms with Crippen molar-refractivity contribution in [3.05, 3.63) is 106 Å². The quantitative estimate of drug-likeness (QED) is 0.488. The minimum atomic E-state index is -0.650. The van der Waals surface area contributed by atoms with Crippen LogP contribution in [0.4, 0.5) is 5.69 Å². The summed E-state index contributed by atoms with van der Waals surface area (Å²) in [7, 11) is 0. The normalized spacial score (nSPS) is 20.0. The van der Waals surface area contributed by atoms with Crippen molar-refractivity contribution in [2.24, 2.45) is 5.10 Å². The van der Waals surface area contributed by atoms with Gasteiger partial charge in [-0.1, -0.05) is 60.7 Å². The number of fused-ring (bicyclic) bond motifs is 3. The summed E-state index contributed by atoms with van der Waals surface area (Å²) in [6, 6.07) is 24.5. The number of para-hydroxylation sites is 2. The Kier molecular flexibility index (Phi) is 3.83. The van der Waals surface area contributed by atoms with Gasteiger partial charge in [0.05, 0.1) is 22.2 Å². The van der Waals surface area contributed by atoms with E-state index in [2.05, 4.69) is 0 Å². The van der Waals surface area contributed by atoms with Crippen molar-refractivity contribution < 1.29 is 9.66 Å². The highest BCUT2D eigenvalue weighted by atomic mass is 16.6. The van der Waals surface area contributed by atoms with Gasteiger partial charge in [0, 0.05) is 18.1 Å². The predicted octanol–water partition coefficient (Wildman–Crippen LogP) is 4.84. The summed E-state index contributed by atoms with van der Waals surface area (Å²) in [6.45, 7) is 0. The van der Waals surface area contributed by atoms with Crippen LogP contribution >= 0.6 is 0 Å². The highest BCUT2D eigenvalue weighted by Gasteiger charge is 2.42. The third-order valence-electron chi connectivity index (χ3n) is 5.21. The Morgan fingerprint density at radius 2 is 1.61 bits per heavy atom. The van der Waals surface area contributed by atoms with Crippen LogP contribution in [0.25, 0.3) is 0 Å². The molecule has 0 N–H and O–H groups in total. The molecule has 6 heteroatoms. The van der Waals surface area contributed by atoms with Crippen molar-refractivity contribution in [2.45, 2.75) is 18.7 Å². The maximum Gasteiger partial charge on any atom is 0.278 e. The van der Waals surface area contributed by atoms with Crippen LogP contribution in [0.2, 0.25) is 0 Å². The predicted molar refractivity (Wildman–Crippen MR) is 105 cm³/mol. The highest BCUT2D eigenvalue weighted by Crippen LogP contribution is 2.48. The van der Waals surface area contributed by atoms with E-state index in [1.807, 2.05) is 59.6 Å². The zero-order valence-electron chi connectivity index (χ0n) is 14.9. The van der Waals surface area contributed by atoms with E-state index < -0.39 is 6.23 Å². The van der Waals surface area contributed by atoms with Crippen molar-refractivity contribution in [1.82, 2.24) is 5.01 Å². The second-order valence-corrected chi connectivity index (χ2v) is 6.84. The summed E-state index contributed by atoms with van der Waals surface area (Å²) in [5.41, 5.74) is 3.59. The Bertz CT molecular complexity index is 1080. The first-order chi connectivity index (χ1) is 13.7. The number of hydrogen-bond donors (Lipinski definition) is 0. The third kappa shape index (κ3) is 2.62. The zero-order chi connectivity index (χ0) is 19.1. The number of hydrogen-bond acceptors (Lipinski definition) is 5. The van der Waals surface area contributed by atoms with E-state index in [-0.39, 0.29) is 16.7 Å².